The topological polar surface area (TPSA) is 125 Å². The number of benzene rings is 1. The maximum atomic E-state index is 11.8. The maximum Gasteiger partial charge on any atom is 0.326 e. The van der Waals surface area contributed by atoms with Crippen LogP contribution in [-0.2, 0) is 9.59 Å². The van der Waals surface area contributed by atoms with E-state index in [-0.39, 0.29) is 6.61 Å². The van der Waals surface area contributed by atoms with Crippen molar-refractivity contribution in [1.82, 2.24) is 10.6 Å². The summed E-state index contributed by atoms with van der Waals surface area (Å²) in [4.78, 5) is 33.2. The Morgan fingerprint density at radius 1 is 1.29 bits per heavy atom. The molecule has 1 aromatic carbocycles. The number of nitrogens with one attached hydrogen (secondary N) is 2. The molecule has 0 saturated heterocycles. The zero-order valence-electron chi connectivity index (χ0n) is 10.9. The van der Waals surface area contributed by atoms with Gasteiger partial charge in [-0.2, -0.15) is 0 Å². The van der Waals surface area contributed by atoms with Crippen molar-refractivity contribution in [3.8, 4) is 5.75 Å². The summed E-state index contributed by atoms with van der Waals surface area (Å²) in [6.07, 6.45) is -0.694. The van der Waals surface area contributed by atoms with E-state index in [1.165, 1.54) is 0 Å². The van der Waals surface area contributed by atoms with Crippen molar-refractivity contribution < 1.29 is 29.3 Å². The van der Waals surface area contributed by atoms with Crippen molar-refractivity contribution in [2.45, 2.75) is 18.5 Å². The molecule has 1 aliphatic heterocycles. The van der Waals surface area contributed by atoms with Crippen molar-refractivity contribution in [1.29, 1.82) is 0 Å². The number of ether oxygens (including phenoxy) is 1. The summed E-state index contributed by atoms with van der Waals surface area (Å²) in [6.45, 7) is 0.240. The van der Waals surface area contributed by atoms with Crippen LogP contribution in [0.2, 0.25) is 0 Å². The zero-order valence-corrected chi connectivity index (χ0v) is 10.9. The molecule has 112 valence electrons. The molecule has 0 spiro atoms. The Balaban J connectivity index is 1.96. The second kappa shape index (κ2) is 6.12. The number of para-hydroxylation sites is 1. The lowest BCUT2D eigenvalue weighted by Gasteiger charge is -2.16. The van der Waals surface area contributed by atoms with E-state index in [0.29, 0.717) is 5.75 Å². The highest BCUT2D eigenvalue weighted by atomic mass is 16.5. The van der Waals surface area contributed by atoms with Gasteiger partial charge in [-0.1, -0.05) is 18.2 Å². The Morgan fingerprint density at radius 3 is 2.67 bits per heavy atom. The number of carboxylic acids is 2. The summed E-state index contributed by atoms with van der Waals surface area (Å²) in [5.74, 6) is -2.06. The van der Waals surface area contributed by atoms with Gasteiger partial charge in [-0.3, -0.25) is 4.79 Å². The number of urea groups is 1. The molecule has 0 aromatic heterocycles. The van der Waals surface area contributed by atoms with Crippen LogP contribution in [0.25, 0.3) is 0 Å². The lowest BCUT2D eigenvalue weighted by molar-refractivity contribution is -0.145. The molecule has 2 rings (SSSR count). The highest BCUT2D eigenvalue weighted by Gasteiger charge is 2.28. The van der Waals surface area contributed by atoms with Gasteiger partial charge in [-0.25, -0.2) is 9.59 Å². The van der Waals surface area contributed by atoms with E-state index in [0.717, 1.165) is 5.56 Å². The maximum absolute atomic E-state index is 11.8. The third-order valence-corrected chi connectivity index (χ3v) is 2.99. The fraction of sp³-hybridized carbons (Fsp3) is 0.308. The van der Waals surface area contributed by atoms with Gasteiger partial charge in [0.2, 0.25) is 0 Å². The van der Waals surface area contributed by atoms with E-state index >= 15 is 0 Å². The van der Waals surface area contributed by atoms with E-state index in [2.05, 4.69) is 10.6 Å². The molecule has 2 atom stereocenters. The molecule has 2 amide bonds. The third kappa shape index (κ3) is 3.62. The van der Waals surface area contributed by atoms with Gasteiger partial charge in [0.05, 0.1) is 12.5 Å². The van der Waals surface area contributed by atoms with Crippen LogP contribution >= 0.6 is 0 Å². The summed E-state index contributed by atoms with van der Waals surface area (Å²) < 4.78 is 5.38. The average molecular weight is 294 g/mol. The summed E-state index contributed by atoms with van der Waals surface area (Å²) in [5, 5.41) is 22.1. The quantitative estimate of drug-likeness (QED) is 0.621. The molecule has 8 nitrogen and oxygen atoms in total. The number of aliphatic carboxylic acids is 2. The Hall–Kier alpha value is -2.77. The van der Waals surface area contributed by atoms with Crippen molar-refractivity contribution in [3.63, 3.8) is 0 Å². The predicted molar refractivity (Wildman–Crippen MR) is 70.0 cm³/mol. The van der Waals surface area contributed by atoms with Crippen LogP contribution in [-0.4, -0.2) is 40.8 Å². The molecule has 0 bridgehead atoms. The first-order valence-corrected chi connectivity index (χ1v) is 6.20. The summed E-state index contributed by atoms with van der Waals surface area (Å²) in [6, 6.07) is 4.51. The zero-order chi connectivity index (χ0) is 15.4. The predicted octanol–water partition coefficient (Wildman–Crippen LogP) is 0.347. The smallest absolute Gasteiger partial charge is 0.326 e. The Labute approximate surface area is 119 Å². The van der Waals surface area contributed by atoms with E-state index in [1.54, 1.807) is 24.3 Å². The molecule has 2 unspecified atom stereocenters. The fourth-order valence-corrected chi connectivity index (χ4v) is 2.02. The van der Waals surface area contributed by atoms with E-state index in [1.807, 2.05) is 0 Å². The minimum absolute atomic E-state index is 0.240. The summed E-state index contributed by atoms with van der Waals surface area (Å²) in [7, 11) is 0. The third-order valence-electron chi connectivity index (χ3n) is 2.99. The first-order valence-electron chi connectivity index (χ1n) is 6.20. The SMILES string of the molecule is O=C(O)CC(NC(=O)NC1COc2ccccc21)C(=O)O. The van der Waals surface area contributed by atoms with Crippen LogP contribution in [0.5, 0.6) is 5.75 Å². The number of carboxylic acid groups (broad SMARTS) is 2. The standard InChI is InChI=1S/C13H14N2O6/c16-11(17)5-8(12(18)19)14-13(20)15-9-6-21-10-4-2-1-3-7(9)10/h1-4,8-9H,5-6H2,(H,16,17)(H,18,19)(H2,14,15,20). The normalized spacial score (nSPS) is 17.2. The number of amides is 2. The molecule has 1 aromatic rings. The molecule has 4 N–H and O–H groups in total. The number of rotatable bonds is 5. The van der Waals surface area contributed by atoms with Gasteiger partial charge >= 0.3 is 18.0 Å². The van der Waals surface area contributed by atoms with Crippen molar-refractivity contribution in [2.75, 3.05) is 6.61 Å². The average Bonchev–Trinajstić information content (AvgIpc) is 2.81. The number of carbonyl (C=O) groups is 3. The van der Waals surface area contributed by atoms with Gasteiger partial charge in [0, 0.05) is 5.56 Å². The molecule has 0 radical (unpaired) electrons. The van der Waals surface area contributed by atoms with Gasteiger partial charge in [0.15, 0.2) is 0 Å². The molecular weight excluding hydrogens is 280 g/mol. The fourth-order valence-electron chi connectivity index (χ4n) is 2.02. The second-order valence-corrected chi connectivity index (χ2v) is 4.51. The Morgan fingerprint density at radius 2 is 2.00 bits per heavy atom. The van der Waals surface area contributed by atoms with E-state index in [9.17, 15) is 14.4 Å². The molecule has 0 aliphatic carbocycles. The molecule has 8 heteroatoms. The van der Waals surface area contributed by atoms with Crippen LogP contribution in [0, 0.1) is 0 Å². The Kier molecular flexibility index (Phi) is 4.27. The van der Waals surface area contributed by atoms with Gasteiger partial charge < -0.3 is 25.6 Å². The minimum Gasteiger partial charge on any atom is -0.491 e. The second-order valence-electron chi connectivity index (χ2n) is 4.51. The Bertz CT molecular complexity index is 574. The van der Waals surface area contributed by atoms with E-state index < -0.39 is 36.5 Å². The lowest BCUT2D eigenvalue weighted by Crippen LogP contribution is -2.48. The summed E-state index contributed by atoms with van der Waals surface area (Å²) in [5.41, 5.74) is 0.790. The number of hydrogen-bond donors (Lipinski definition) is 4. The molecule has 1 aliphatic rings. The molecular formula is C13H14N2O6. The van der Waals surface area contributed by atoms with Crippen LogP contribution < -0.4 is 15.4 Å². The number of hydrogen-bond acceptors (Lipinski definition) is 4. The highest BCUT2D eigenvalue weighted by molar-refractivity contribution is 5.86. The van der Waals surface area contributed by atoms with Crippen LogP contribution in [0.3, 0.4) is 0 Å². The minimum atomic E-state index is -1.49. The molecule has 21 heavy (non-hydrogen) atoms. The van der Waals surface area contributed by atoms with Crippen LogP contribution in [0.15, 0.2) is 24.3 Å². The largest absolute Gasteiger partial charge is 0.491 e. The van der Waals surface area contributed by atoms with E-state index in [4.69, 9.17) is 14.9 Å². The van der Waals surface area contributed by atoms with Crippen LogP contribution in [0.1, 0.15) is 18.0 Å². The van der Waals surface area contributed by atoms with Gasteiger partial charge in [-0.05, 0) is 6.07 Å². The number of fused-ring (bicyclic) bond motifs is 1. The van der Waals surface area contributed by atoms with Gasteiger partial charge in [-0.15, -0.1) is 0 Å². The molecule has 1 heterocycles. The monoisotopic (exact) mass is 294 g/mol. The lowest BCUT2D eigenvalue weighted by atomic mass is 10.1. The first-order chi connectivity index (χ1) is 9.97. The highest BCUT2D eigenvalue weighted by Crippen LogP contribution is 2.31. The van der Waals surface area contributed by atoms with Crippen molar-refractivity contribution in [2.24, 2.45) is 0 Å². The van der Waals surface area contributed by atoms with Crippen LogP contribution in [0.4, 0.5) is 4.79 Å². The summed E-state index contributed by atoms with van der Waals surface area (Å²) >= 11 is 0. The van der Waals surface area contributed by atoms with Gasteiger partial charge in [0.25, 0.3) is 0 Å². The van der Waals surface area contributed by atoms with Gasteiger partial charge in [0.1, 0.15) is 18.4 Å². The van der Waals surface area contributed by atoms with Crippen molar-refractivity contribution >= 4 is 18.0 Å². The molecule has 0 saturated carbocycles. The van der Waals surface area contributed by atoms with Crippen molar-refractivity contribution in [3.05, 3.63) is 29.8 Å². The number of carbonyl (C=O) groups excluding carboxylic acids is 1. The first kappa shape index (κ1) is 14.6. The molecule has 0 fully saturated rings.